The third-order valence-corrected chi connectivity index (χ3v) is 5.94. The van der Waals surface area contributed by atoms with Gasteiger partial charge in [-0.2, -0.15) is 5.10 Å². The highest BCUT2D eigenvalue weighted by atomic mass is 32.2. The Morgan fingerprint density at radius 3 is 2.39 bits per heavy atom. The summed E-state index contributed by atoms with van der Waals surface area (Å²) in [5.74, 6) is -0.0920. The normalized spacial score (nSPS) is 11.1. The van der Waals surface area contributed by atoms with Gasteiger partial charge >= 0.3 is 0 Å². The molecular formula is C23H20N4O3S. The fraction of sp³-hybridized carbons (Fsp3) is 0.0435. The number of amides is 1. The number of carbonyl (C=O) groups is 1. The summed E-state index contributed by atoms with van der Waals surface area (Å²) < 4.78 is 29.6. The van der Waals surface area contributed by atoms with Crippen molar-refractivity contribution in [3.05, 3.63) is 102 Å². The van der Waals surface area contributed by atoms with Crippen molar-refractivity contribution in [3.63, 3.8) is 0 Å². The second-order valence-corrected chi connectivity index (χ2v) is 8.62. The molecule has 0 spiro atoms. The van der Waals surface area contributed by atoms with Gasteiger partial charge in [0.15, 0.2) is 5.82 Å². The summed E-state index contributed by atoms with van der Waals surface area (Å²) in [6, 6.07) is 24.0. The molecule has 0 aliphatic rings. The second-order valence-electron chi connectivity index (χ2n) is 6.93. The van der Waals surface area contributed by atoms with E-state index in [1.165, 1.54) is 18.2 Å². The number of nitrogens with one attached hydrogen (secondary N) is 2. The average Bonchev–Trinajstić information content (AvgIpc) is 3.24. The van der Waals surface area contributed by atoms with Crippen LogP contribution in [0.5, 0.6) is 0 Å². The highest BCUT2D eigenvalue weighted by Gasteiger charge is 2.17. The van der Waals surface area contributed by atoms with E-state index in [1.807, 2.05) is 49.4 Å². The summed E-state index contributed by atoms with van der Waals surface area (Å²) >= 11 is 0. The van der Waals surface area contributed by atoms with Crippen molar-refractivity contribution in [1.29, 1.82) is 0 Å². The number of aryl methyl sites for hydroxylation is 1. The lowest BCUT2D eigenvalue weighted by atomic mass is 10.2. The van der Waals surface area contributed by atoms with Crippen LogP contribution in [-0.2, 0) is 10.0 Å². The van der Waals surface area contributed by atoms with Gasteiger partial charge < -0.3 is 5.32 Å². The predicted molar refractivity (Wildman–Crippen MR) is 120 cm³/mol. The molecule has 0 fully saturated rings. The SMILES string of the molecule is Cc1ccc(NS(=O)(=O)c2cccc(C(=O)Nc3ccn(-c4ccccc4)n3)c2)cc1. The van der Waals surface area contributed by atoms with E-state index in [9.17, 15) is 13.2 Å². The van der Waals surface area contributed by atoms with Gasteiger partial charge in [0.1, 0.15) is 0 Å². The Hall–Kier alpha value is -3.91. The lowest BCUT2D eigenvalue weighted by molar-refractivity contribution is 0.102. The van der Waals surface area contributed by atoms with Crippen LogP contribution in [-0.4, -0.2) is 24.1 Å². The Morgan fingerprint density at radius 1 is 0.903 bits per heavy atom. The van der Waals surface area contributed by atoms with Crippen molar-refractivity contribution < 1.29 is 13.2 Å². The fourth-order valence-electron chi connectivity index (χ4n) is 2.94. The summed E-state index contributed by atoms with van der Waals surface area (Å²) in [6.07, 6.45) is 1.73. The fourth-order valence-corrected chi connectivity index (χ4v) is 4.05. The average molecular weight is 433 g/mol. The Labute approximate surface area is 180 Å². The minimum absolute atomic E-state index is 0.00413. The first kappa shape index (κ1) is 20.4. The van der Waals surface area contributed by atoms with Crippen molar-refractivity contribution in [2.75, 3.05) is 10.0 Å². The van der Waals surface area contributed by atoms with E-state index in [4.69, 9.17) is 0 Å². The summed E-state index contributed by atoms with van der Waals surface area (Å²) in [6.45, 7) is 1.92. The largest absolute Gasteiger partial charge is 0.305 e. The van der Waals surface area contributed by atoms with Gasteiger partial charge in [0.2, 0.25) is 0 Å². The Bertz CT molecular complexity index is 1310. The number of sulfonamides is 1. The molecule has 3 aromatic carbocycles. The molecule has 0 unspecified atom stereocenters. The molecule has 1 heterocycles. The number of hydrogen-bond acceptors (Lipinski definition) is 4. The molecule has 1 amide bonds. The minimum atomic E-state index is -3.84. The maximum atomic E-state index is 12.7. The van der Waals surface area contributed by atoms with E-state index >= 15 is 0 Å². The summed E-state index contributed by atoms with van der Waals surface area (Å²) in [7, 11) is -3.84. The standard InChI is InChI=1S/C23H20N4O3S/c1-17-10-12-19(13-11-17)26-31(29,30)21-9-5-6-18(16-21)23(28)24-22-14-15-27(25-22)20-7-3-2-4-8-20/h2-16,26H,1H3,(H,24,25,28). The molecule has 7 nitrogen and oxygen atoms in total. The van der Waals surface area contributed by atoms with Crippen molar-refractivity contribution >= 4 is 27.4 Å². The highest BCUT2D eigenvalue weighted by molar-refractivity contribution is 7.92. The second kappa shape index (κ2) is 8.45. The van der Waals surface area contributed by atoms with Gasteiger partial charge in [-0.3, -0.25) is 9.52 Å². The zero-order valence-electron chi connectivity index (χ0n) is 16.7. The van der Waals surface area contributed by atoms with Crippen LogP contribution in [0.2, 0.25) is 0 Å². The number of aromatic nitrogens is 2. The van der Waals surface area contributed by atoms with Crippen molar-refractivity contribution in [2.45, 2.75) is 11.8 Å². The quantitative estimate of drug-likeness (QED) is 0.477. The number of benzene rings is 3. The van der Waals surface area contributed by atoms with Gasteiger partial charge in [-0.05, 0) is 49.4 Å². The number of anilines is 2. The maximum Gasteiger partial charge on any atom is 0.261 e. The van der Waals surface area contributed by atoms with Gasteiger partial charge in [-0.1, -0.05) is 42.0 Å². The molecule has 4 rings (SSSR count). The molecule has 0 saturated carbocycles. The molecule has 0 aliphatic heterocycles. The van der Waals surface area contributed by atoms with Crippen LogP contribution >= 0.6 is 0 Å². The lowest BCUT2D eigenvalue weighted by Crippen LogP contribution is -2.16. The third kappa shape index (κ3) is 4.81. The topological polar surface area (TPSA) is 93.1 Å². The van der Waals surface area contributed by atoms with E-state index in [0.717, 1.165) is 11.3 Å². The number of para-hydroxylation sites is 1. The minimum Gasteiger partial charge on any atom is -0.305 e. The van der Waals surface area contributed by atoms with Crippen LogP contribution in [0.1, 0.15) is 15.9 Å². The summed E-state index contributed by atoms with van der Waals surface area (Å²) in [5, 5.41) is 7.03. The zero-order chi connectivity index (χ0) is 21.8. The van der Waals surface area contributed by atoms with Crippen LogP contribution < -0.4 is 10.0 Å². The monoisotopic (exact) mass is 432 g/mol. The van der Waals surface area contributed by atoms with Gasteiger partial charge in [-0.25, -0.2) is 13.1 Å². The van der Waals surface area contributed by atoms with E-state index in [-0.39, 0.29) is 10.5 Å². The third-order valence-electron chi connectivity index (χ3n) is 4.56. The smallest absolute Gasteiger partial charge is 0.261 e. The summed E-state index contributed by atoms with van der Waals surface area (Å²) in [5.41, 5.74) is 2.54. The van der Waals surface area contributed by atoms with Crippen molar-refractivity contribution in [2.24, 2.45) is 0 Å². The number of nitrogens with zero attached hydrogens (tertiary/aromatic N) is 2. The highest BCUT2D eigenvalue weighted by Crippen LogP contribution is 2.18. The van der Waals surface area contributed by atoms with Crippen LogP contribution in [0.15, 0.2) is 96.0 Å². The van der Waals surface area contributed by atoms with Crippen LogP contribution in [0.4, 0.5) is 11.5 Å². The number of hydrogen-bond donors (Lipinski definition) is 2. The molecular weight excluding hydrogens is 412 g/mol. The van der Waals surface area contributed by atoms with Crippen molar-refractivity contribution in [3.8, 4) is 5.69 Å². The van der Waals surface area contributed by atoms with Gasteiger partial charge in [0.25, 0.3) is 15.9 Å². The van der Waals surface area contributed by atoms with Crippen LogP contribution in [0.25, 0.3) is 5.69 Å². The number of rotatable bonds is 6. The molecule has 0 radical (unpaired) electrons. The molecule has 0 saturated heterocycles. The first-order valence-electron chi connectivity index (χ1n) is 9.53. The van der Waals surface area contributed by atoms with Gasteiger partial charge in [0.05, 0.1) is 10.6 Å². The van der Waals surface area contributed by atoms with Crippen LogP contribution in [0, 0.1) is 6.92 Å². The van der Waals surface area contributed by atoms with Crippen LogP contribution in [0.3, 0.4) is 0 Å². The van der Waals surface area contributed by atoms with Gasteiger partial charge in [0, 0.05) is 23.5 Å². The van der Waals surface area contributed by atoms with E-state index < -0.39 is 15.9 Å². The molecule has 156 valence electrons. The Kier molecular flexibility index (Phi) is 5.55. The first-order valence-corrected chi connectivity index (χ1v) is 11.0. The first-order chi connectivity index (χ1) is 14.9. The molecule has 2 N–H and O–H groups in total. The Morgan fingerprint density at radius 2 is 1.65 bits per heavy atom. The molecule has 4 aromatic rings. The zero-order valence-corrected chi connectivity index (χ0v) is 17.5. The molecule has 0 bridgehead atoms. The van der Waals surface area contributed by atoms with Crippen molar-refractivity contribution in [1.82, 2.24) is 9.78 Å². The van der Waals surface area contributed by atoms with E-state index in [0.29, 0.717) is 11.5 Å². The molecule has 8 heteroatoms. The summed E-state index contributed by atoms with van der Waals surface area (Å²) in [4.78, 5) is 12.7. The Balaban J connectivity index is 1.50. The number of carbonyl (C=O) groups excluding carboxylic acids is 1. The molecule has 0 aliphatic carbocycles. The van der Waals surface area contributed by atoms with E-state index in [1.54, 1.807) is 35.1 Å². The van der Waals surface area contributed by atoms with E-state index in [2.05, 4.69) is 15.1 Å². The van der Waals surface area contributed by atoms with Gasteiger partial charge in [-0.15, -0.1) is 0 Å². The lowest BCUT2D eigenvalue weighted by Gasteiger charge is -2.10. The predicted octanol–water partition coefficient (Wildman–Crippen LogP) is 4.23. The molecule has 1 aromatic heterocycles. The maximum absolute atomic E-state index is 12.7. The molecule has 0 atom stereocenters. The molecule has 31 heavy (non-hydrogen) atoms.